The Hall–Kier alpha value is -2.78. The van der Waals surface area contributed by atoms with Crippen molar-refractivity contribution in [1.29, 1.82) is 0 Å². The van der Waals surface area contributed by atoms with E-state index in [1.54, 1.807) is 0 Å². The topological polar surface area (TPSA) is 131 Å². The molecular formula is C17H16F5N5O4S. The first-order chi connectivity index (χ1) is 14.7. The van der Waals surface area contributed by atoms with Gasteiger partial charge in [-0.2, -0.15) is 22.0 Å². The molecule has 0 bridgehead atoms. The molecule has 0 aliphatic carbocycles. The minimum Gasteiger partial charge on any atom is -0.393 e. The summed E-state index contributed by atoms with van der Waals surface area (Å²) in [6.07, 6.45) is -6.27. The van der Waals surface area contributed by atoms with Crippen molar-refractivity contribution in [2.45, 2.75) is 36.9 Å². The lowest BCUT2D eigenvalue weighted by atomic mass is 10.2. The zero-order valence-corrected chi connectivity index (χ0v) is 17.3. The fourth-order valence-corrected chi connectivity index (χ4v) is 3.76. The Morgan fingerprint density at radius 1 is 1.16 bits per heavy atom. The lowest BCUT2D eigenvalue weighted by molar-refractivity contribution is -0.292. The highest BCUT2D eigenvalue weighted by Gasteiger charge is 2.61. The van der Waals surface area contributed by atoms with Crippen molar-refractivity contribution in [3.8, 4) is 17.3 Å². The van der Waals surface area contributed by atoms with Crippen LogP contribution in [-0.4, -0.2) is 61.9 Å². The van der Waals surface area contributed by atoms with E-state index in [9.17, 15) is 35.5 Å². The van der Waals surface area contributed by atoms with Gasteiger partial charge in [0.15, 0.2) is 15.7 Å². The predicted molar refractivity (Wildman–Crippen MR) is 98.0 cm³/mol. The van der Waals surface area contributed by atoms with Gasteiger partial charge in [-0.25, -0.2) is 28.1 Å². The minimum atomic E-state index is -5.92. The van der Waals surface area contributed by atoms with Crippen molar-refractivity contribution in [2.24, 2.45) is 0 Å². The molecule has 2 aliphatic heterocycles. The van der Waals surface area contributed by atoms with Crippen LogP contribution in [0.2, 0.25) is 0 Å². The second kappa shape index (κ2) is 7.97. The molecule has 15 heteroatoms. The number of fused-ring (bicyclic) bond motifs is 1. The number of hydrogen-bond acceptors (Lipinski definition) is 8. The molecule has 2 aliphatic rings. The van der Waals surface area contributed by atoms with Crippen LogP contribution in [0, 0.1) is 6.92 Å². The van der Waals surface area contributed by atoms with Gasteiger partial charge in [-0.1, -0.05) is 6.92 Å². The van der Waals surface area contributed by atoms with Crippen LogP contribution in [0.25, 0.3) is 17.3 Å². The third-order valence-electron chi connectivity index (χ3n) is 4.51. The number of nitrogens with zero attached hydrogens (tertiary/aromatic N) is 5. The smallest absolute Gasteiger partial charge is 0.393 e. The number of imidazole rings is 1. The van der Waals surface area contributed by atoms with E-state index >= 15 is 0 Å². The van der Waals surface area contributed by atoms with E-state index in [0.29, 0.717) is 0 Å². The lowest BCUT2D eigenvalue weighted by Crippen LogP contribution is -2.34. The summed E-state index contributed by atoms with van der Waals surface area (Å²) in [5, 5.41) is 22.8. The molecule has 1 aromatic rings. The zero-order valence-electron chi connectivity index (χ0n) is 16.5. The van der Waals surface area contributed by atoms with E-state index in [1.165, 1.54) is 13.8 Å². The first-order valence-electron chi connectivity index (χ1n) is 8.94. The molecule has 0 fully saturated rings. The van der Waals surface area contributed by atoms with E-state index in [0.717, 1.165) is 23.0 Å². The Kier molecular flexibility index (Phi) is 5.95. The van der Waals surface area contributed by atoms with E-state index in [4.69, 9.17) is 5.11 Å². The van der Waals surface area contributed by atoms with E-state index in [-0.39, 0.29) is 28.5 Å². The summed E-state index contributed by atoms with van der Waals surface area (Å²) in [6.45, 7) is 2.02. The molecule has 1 atom stereocenters. The summed E-state index contributed by atoms with van der Waals surface area (Å²) in [5.41, 5.74) is -0.262. The Labute approximate surface area is 177 Å². The molecule has 9 nitrogen and oxygen atoms in total. The third kappa shape index (κ3) is 4.02. The number of alkyl halides is 5. The maximum atomic E-state index is 13.6. The molecule has 0 saturated heterocycles. The number of aromatic nitrogens is 5. The number of aliphatic hydroxyl groups excluding tert-OH is 2. The van der Waals surface area contributed by atoms with Crippen molar-refractivity contribution in [3.05, 3.63) is 35.4 Å². The van der Waals surface area contributed by atoms with Crippen molar-refractivity contribution in [2.75, 3.05) is 12.4 Å². The highest BCUT2D eigenvalue weighted by atomic mass is 32.2. The van der Waals surface area contributed by atoms with Gasteiger partial charge in [0.2, 0.25) is 11.6 Å². The molecule has 32 heavy (non-hydrogen) atoms. The molecule has 1 aromatic heterocycles. The van der Waals surface area contributed by atoms with Crippen LogP contribution < -0.4 is 0 Å². The van der Waals surface area contributed by atoms with E-state index in [2.05, 4.69) is 20.1 Å². The highest BCUT2D eigenvalue weighted by molar-refractivity contribution is 7.91. The second-order valence-electron chi connectivity index (χ2n) is 6.72. The van der Waals surface area contributed by atoms with Crippen LogP contribution in [0.4, 0.5) is 22.0 Å². The van der Waals surface area contributed by atoms with Crippen molar-refractivity contribution >= 4 is 9.84 Å². The van der Waals surface area contributed by atoms with Gasteiger partial charge in [0, 0.05) is 17.5 Å². The van der Waals surface area contributed by atoms with Gasteiger partial charge in [0.1, 0.15) is 16.7 Å². The van der Waals surface area contributed by atoms with Gasteiger partial charge in [-0.3, -0.25) is 0 Å². The molecule has 3 heterocycles. The van der Waals surface area contributed by atoms with Crippen LogP contribution in [0.3, 0.4) is 0 Å². The summed E-state index contributed by atoms with van der Waals surface area (Å²) < 4.78 is 91.3. The monoisotopic (exact) mass is 481 g/mol. The van der Waals surface area contributed by atoms with Gasteiger partial charge < -0.3 is 10.2 Å². The zero-order chi connectivity index (χ0) is 24.1. The average Bonchev–Trinajstić information content (AvgIpc) is 3.14. The summed E-state index contributed by atoms with van der Waals surface area (Å²) in [4.78, 5) is 9.98. The fraction of sp³-hybridized carbons (Fsp3) is 0.412. The Morgan fingerprint density at radius 3 is 2.38 bits per heavy atom. The molecule has 0 amide bonds. The predicted octanol–water partition coefficient (Wildman–Crippen LogP) is 1.94. The van der Waals surface area contributed by atoms with Crippen molar-refractivity contribution < 1.29 is 40.6 Å². The number of aryl methyl sites for hydroxylation is 1. The highest BCUT2D eigenvalue weighted by Crippen LogP contribution is 2.43. The maximum Gasteiger partial charge on any atom is 0.461 e. The van der Waals surface area contributed by atoms with Crippen LogP contribution >= 0.6 is 0 Å². The van der Waals surface area contributed by atoms with E-state index < -0.39 is 51.2 Å². The number of sulfone groups is 1. The molecule has 1 unspecified atom stereocenters. The summed E-state index contributed by atoms with van der Waals surface area (Å²) >= 11 is 0. The molecule has 2 N–H and O–H groups in total. The van der Waals surface area contributed by atoms with Gasteiger partial charge in [0.05, 0.1) is 12.4 Å². The number of pyridine rings is 1. The first-order valence-corrected chi connectivity index (χ1v) is 10.6. The van der Waals surface area contributed by atoms with Crippen molar-refractivity contribution in [1.82, 2.24) is 24.7 Å². The van der Waals surface area contributed by atoms with Crippen LogP contribution in [0.5, 0.6) is 0 Å². The normalized spacial score (nSPS) is 14.2. The fourth-order valence-electron chi connectivity index (χ4n) is 2.71. The Balaban J connectivity index is 2.24. The second-order valence-corrected chi connectivity index (χ2v) is 8.96. The molecule has 0 spiro atoms. The minimum absolute atomic E-state index is 0.0113. The molecule has 0 saturated carbocycles. The summed E-state index contributed by atoms with van der Waals surface area (Å²) in [6, 6.07) is 2.17. The molecule has 0 radical (unpaired) electrons. The van der Waals surface area contributed by atoms with E-state index in [1.807, 2.05) is 0 Å². The SMILES string of the molecule is CCS(=O)(=O)c1cc(C(O)CO)cnc1-n1nc2nc(C(F)(F)C(F)(F)F)nc-2cc1C. The molecule has 174 valence electrons. The Morgan fingerprint density at radius 2 is 1.81 bits per heavy atom. The number of hydrogen-bond donors (Lipinski definition) is 2. The van der Waals surface area contributed by atoms with Crippen molar-refractivity contribution in [3.63, 3.8) is 0 Å². The lowest BCUT2D eigenvalue weighted by Gasteiger charge is -2.16. The summed E-state index contributed by atoms with van der Waals surface area (Å²) in [5.74, 6) is -8.37. The molecule has 3 rings (SSSR count). The Bertz CT molecular complexity index is 1230. The number of rotatable bonds is 6. The third-order valence-corrected chi connectivity index (χ3v) is 6.24. The average molecular weight is 481 g/mol. The number of aliphatic hydroxyl groups is 2. The largest absolute Gasteiger partial charge is 0.461 e. The number of halogens is 5. The quantitative estimate of drug-likeness (QED) is 0.511. The van der Waals surface area contributed by atoms with Gasteiger partial charge in [-0.15, -0.1) is 5.10 Å². The van der Waals surface area contributed by atoms with Gasteiger partial charge in [-0.05, 0) is 19.1 Å². The summed E-state index contributed by atoms with van der Waals surface area (Å²) in [7, 11) is -3.97. The molecular weight excluding hydrogens is 465 g/mol. The van der Waals surface area contributed by atoms with Crippen LogP contribution in [0.1, 0.15) is 30.1 Å². The molecule has 0 aromatic carbocycles. The maximum absolute atomic E-state index is 13.6. The standard InChI is InChI=1S/C17H16F5N5O4S/c1-3-32(30,31)12-5-9(11(29)7-28)6-23-14(12)27-8(2)4-10-13(26-27)25-15(24-10)16(18,19)17(20,21)22/h4-6,11,28-29H,3,7H2,1-2H3. The van der Waals surface area contributed by atoms with Gasteiger partial charge in [0.25, 0.3) is 0 Å². The van der Waals surface area contributed by atoms with Crippen LogP contribution in [0.15, 0.2) is 23.2 Å². The van der Waals surface area contributed by atoms with Gasteiger partial charge >= 0.3 is 12.1 Å². The van der Waals surface area contributed by atoms with Crippen LogP contribution in [-0.2, 0) is 15.8 Å². The first kappa shape index (κ1) is 23.9.